The molecular weight excluding hydrogens is 260 g/mol. The van der Waals surface area contributed by atoms with E-state index in [1.807, 2.05) is 41.1 Å². The largest absolute Gasteiger partial charge is 0.303 e. The minimum atomic E-state index is -0.224. The van der Waals surface area contributed by atoms with Crippen LogP contribution >= 0.6 is 11.3 Å². The number of aryl methyl sites for hydroxylation is 1. The highest BCUT2D eigenvalue weighted by Crippen LogP contribution is 2.17. The number of pyridine rings is 1. The molecule has 6 heteroatoms. The zero-order chi connectivity index (χ0) is 13.2. The molecule has 0 fully saturated rings. The van der Waals surface area contributed by atoms with Gasteiger partial charge in [-0.15, -0.1) is 11.3 Å². The first-order chi connectivity index (χ1) is 9.29. The number of hydrogen-bond acceptors (Lipinski definition) is 4. The molecule has 3 aromatic heterocycles. The van der Waals surface area contributed by atoms with Crippen molar-refractivity contribution in [3.8, 4) is 0 Å². The number of imidazole rings is 1. The van der Waals surface area contributed by atoms with Gasteiger partial charge < -0.3 is 4.40 Å². The first kappa shape index (κ1) is 11.9. The molecule has 0 saturated heterocycles. The number of thiazole rings is 1. The van der Waals surface area contributed by atoms with E-state index in [1.54, 1.807) is 6.20 Å². The maximum Gasteiger partial charge on any atom is 0.278 e. The smallest absolute Gasteiger partial charge is 0.278 e. The molecule has 3 heterocycles. The van der Waals surface area contributed by atoms with Gasteiger partial charge in [0.1, 0.15) is 5.82 Å². The predicted molar refractivity (Wildman–Crippen MR) is 74.6 cm³/mol. The highest BCUT2D eigenvalue weighted by atomic mass is 32.1. The Bertz CT molecular complexity index is 717. The van der Waals surface area contributed by atoms with E-state index >= 15 is 0 Å². The Labute approximate surface area is 113 Å². The minimum absolute atomic E-state index is 0.224. The standard InChI is InChI=1S/C13H12N4OS/c1-2-10-15-11(9-5-3-4-7-17(9)10)12(18)16-13-14-6-8-19-13/h3-8H,2H2,1H3,(H,14,16,18). The molecule has 96 valence electrons. The third-order valence-corrected chi connectivity index (χ3v) is 3.49. The maximum absolute atomic E-state index is 12.2. The Morgan fingerprint density at radius 3 is 3.11 bits per heavy atom. The summed E-state index contributed by atoms with van der Waals surface area (Å²) in [5.74, 6) is 0.651. The molecule has 0 aliphatic carbocycles. The molecule has 1 N–H and O–H groups in total. The van der Waals surface area contributed by atoms with Crippen molar-refractivity contribution in [1.29, 1.82) is 0 Å². The number of hydrogen-bond donors (Lipinski definition) is 1. The molecule has 0 aromatic carbocycles. The first-order valence-electron chi connectivity index (χ1n) is 5.96. The summed E-state index contributed by atoms with van der Waals surface area (Å²) in [6.45, 7) is 2.02. The van der Waals surface area contributed by atoms with Crippen LogP contribution in [0.25, 0.3) is 5.52 Å². The topological polar surface area (TPSA) is 59.3 Å². The van der Waals surface area contributed by atoms with Gasteiger partial charge in [0.25, 0.3) is 5.91 Å². The Balaban J connectivity index is 2.02. The quantitative estimate of drug-likeness (QED) is 0.797. The number of amides is 1. The zero-order valence-corrected chi connectivity index (χ0v) is 11.1. The average molecular weight is 272 g/mol. The first-order valence-corrected chi connectivity index (χ1v) is 6.84. The number of nitrogens with zero attached hydrogens (tertiary/aromatic N) is 3. The summed E-state index contributed by atoms with van der Waals surface area (Å²) in [5.41, 5.74) is 1.25. The molecular formula is C13H12N4OS. The highest BCUT2D eigenvalue weighted by molar-refractivity contribution is 7.13. The van der Waals surface area contributed by atoms with E-state index in [0.717, 1.165) is 17.8 Å². The monoisotopic (exact) mass is 272 g/mol. The van der Waals surface area contributed by atoms with Crippen molar-refractivity contribution in [2.24, 2.45) is 0 Å². The molecule has 1 amide bonds. The van der Waals surface area contributed by atoms with E-state index in [-0.39, 0.29) is 5.91 Å². The maximum atomic E-state index is 12.2. The summed E-state index contributed by atoms with van der Waals surface area (Å²) in [6.07, 6.45) is 4.35. The third kappa shape index (κ3) is 2.10. The van der Waals surface area contributed by atoms with Gasteiger partial charge in [-0.1, -0.05) is 13.0 Å². The Hall–Kier alpha value is -2.21. The van der Waals surface area contributed by atoms with Crippen molar-refractivity contribution in [3.63, 3.8) is 0 Å². The molecule has 0 radical (unpaired) electrons. The Morgan fingerprint density at radius 2 is 2.37 bits per heavy atom. The Kier molecular flexibility index (Phi) is 3.00. The number of carbonyl (C=O) groups excluding carboxylic acids is 1. The minimum Gasteiger partial charge on any atom is -0.303 e. The predicted octanol–water partition coefficient (Wildman–Crippen LogP) is 2.61. The van der Waals surface area contributed by atoms with Gasteiger partial charge in [0.05, 0.1) is 5.52 Å². The molecule has 0 aliphatic heterocycles. The fourth-order valence-corrected chi connectivity index (χ4v) is 2.48. The van der Waals surface area contributed by atoms with Crippen molar-refractivity contribution < 1.29 is 4.79 Å². The van der Waals surface area contributed by atoms with Gasteiger partial charge in [0.15, 0.2) is 10.8 Å². The van der Waals surface area contributed by atoms with Crippen molar-refractivity contribution in [2.45, 2.75) is 13.3 Å². The van der Waals surface area contributed by atoms with E-state index in [9.17, 15) is 4.79 Å². The molecule has 0 atom stereocenters. The second-order valence-electron chi connectivity index (χ2n) is 3.98. The zero-order valence-electron chi connectivity index (χ0n) is 10.3. The normalized spacial score (nSPS) is 10.8. The van der Waals surface area contributed by atoms with Crippen LogP contribution in [0, 0.1) is 0 Å². The van der Waals surface area contributed by atoms with Crippen LogP contribution in [0.1, 0.15) is 23.2 Å². The lowest BCUT2D eigenvalue weighted by Crippen LogP contribution is -2.12. The van der Waals surface area contributed by atoms with Crippen molar-refractivity contribution in [2.75, 3.05) is 5.32 Å². The summed E-state index contributed by atoms with van der Waals surface area (Å²) in [6, 6.07) is 5.72. The molecule has 0 unspecified atom stereocenters. The van der Waals surface area contributed by atoms with Crippen LogP contribution in [0.4, 0.5) is 5.13 Å². The van der Waals surface area contributed by atoms with Gasteiger partial charge in [-0.05, 0) is 12.1 Å². The van der Waals surface area contributed by atoms with Crippen LogP contribution in [0.2, 0.25) is 0 Å². The van der Waals surface area contributed by atoms with Crippen LogP contribution in [0.3, 0.4) is 0 Å². The van der Waals surface area contributed by atoms with E-state index in [1.165, 1.54) is 11.3 Å². The molecule has 19 heavy (non-hydrogen) atoms. The lowest BCUT2D eigenvalue weighted by Gasteiger charge is -1.99. The summed E-state index contributed by atoms with van der Waals surface area (Å²) in [4.78, 5) is 20.7. The molecule has 0 bridgehead atoms. The van der Waals surface area contributed by atoms with Crippen molar-refractivity contribution in [3.05, 3.63) is 47.5 Å². The van der Waals surface area contributed by atoms with Gasteiger partial charge >= 0.3 is 0 Å². The second-order valence-corrected chi connectivity index (χ2v) is 4.87. The van der Waals surface area contributed by atoms with Gasteiger partial charge in [-0.2, -0.15) is 0 Å². The average Bonchev–Trinajstić information content (AvgIpc) is 3.05. The molecule has 3 aromatic rings. The van der Waals surface area contributed by atoms with Crippen molar-refractivity contribution in [1.82, 2.24) is 14.4 Å². The van der Waals surface area contributed by atoms with Crippen molar-refractivity contribution >= 4 is 27.9 Å². The Morgan fingerprint density at radius 1 is 1.47 bits per heavy atom. The molecule has 0 spiro atoms. The third-order valence-electron chi connectivity index (χ3n) is 2.81. The van der Waals surface area contributed by atoms with Gasteiger partial charge in [0, 0.05) is 24.2 Å². The SMILES string of the molecule is CCc1nc(C(=O)Nc2nccs2)c2ccccn12. The van der Waals surface area contributed by atoms with Crippen LogP contribution in [0.15, 0.2) is 36.0 Å². The lowest BCUT2D eigenvalue weighted by molar-refractivity contribution is 0.102. The number of carbonyl (C=O) groups is 1. The summed E-state index contributed by atoms with van der Waals surface area (Å²) >= 11 is 1.39. The fraction of sp³-hybridized carbons (Fsp3) is 0.154. The number of aromatic nitrogens is 3. The van der Waals surface area contributed by atoms with Gasteiger partial charge in [0.2, 0.25) is 0 Å². The van der Waals surface area contributed by atoms with Gasteiger partial charge in [-0.3, -0.25) is 10.1 Å². The summed E-state index contributed by atoms with van der Waals surface area (Å²) in [5, 5.41) is 5.16. The van der Waals surface area contributed by atoms with E-state index in [2.05, 4.69) is 15.3 Å². The van der Waals surface area contributed by atoms with E-state index in [4.69, 9.17) is 0 Å². The molecule has 3 rings (SSSR count). The number of nitrogens with one attached hydrogen (secondary N) is 1. The number of rotatable bonds is 3. The molecule has 0 aliphatic rings. The lowest BCUT2D eigenvalue weighted by atomic mass is 10.3. The second kappa shape index (κ2) is 4.81. The fourth-order valence-electron chi connectivity index (χ4n) is 1.96. The number of anilines is 1. The summed E-state index contributed by atoms with van der Waals surface area (Å²) < 4.78 is 1.94. The summed E-state index contributed by atoms with van der Waals surface area (Å²) in [7, 11) is 0. The highest BCUT2D eigenvalue weighted by Gasteiger charge is 2.17. The molecule has 0 saturated carbocycles. The number of fused-ring (bicyclic) bond motifs is 1. The van der Waals surface area contributed by atoms with Crippen LogP contribution in [-0.4, -0.2) is 20.3 Å². The molecule has 5 nitrogen and oxygen atoms in total. The van der Waals surface area contributed by atoms with E-state index < -0.39 is 0 Å². The van der Waals surface area contributed by atoms with E-state index in [0.29, 0.717) is 10.8 Å². The van der Waals surface area contributed by atoms with Gasteiger partial charge in [-0.25, -0.2) is 9.97 Å². The van der Waals surface area contributed by atoms with Crippen LogP contribution in [-0.2, 0) is 6.42 Å². The van der Waals surface area contributed by atoms with Crippen LogP contribution in [0.5, 0.6) is 0 Å². The van der Waals surface area contributed by atoms with Crippen LogP contribution < -0.4 is 5.32 Å².